The molecule has 1 aliphatic heterocycles. The van der Waals surface area contributed by atoms with Crippen LogP contribution in [0.15, 0.2) is 48.5 Å². The van der Waals surface area contributed by atoms with Crippen molar-refractivity contribution in [2.75, 3.05) is 44.2 Å². The third-order valence-electron chi connectivity index (χ3n) is 4.29. The van der Waals surface area contributed by atoms with Gasteiger partial charge in [0, 0.05) is 32.7 Å². The minimum atomic E-state index is -0.586. The van der Waals surface area contributed by atoms with Crippen LogP contribution in [0.3, 0.4) is 0 Å². The van der Waals surface area contributed by atoms with Gasteiger partial charge < -0.3 is 14.7 Å². The van der Waals surface area contributed by atoms with Crippen LogP contribution in [0.2, 0.25) is 5.02 Å². The number of nitrogens with zero attached hydrogens (tertiary/aromatic N) is 2. The summed E-state index contributed by atoms with van der Waals surface area (Å²) in [6, 6.07) is 13.7. The highest BCUT2D eigenvalue weighted by Gasteiger charge is 2.20. The Kier molecular flexibility index (Phi) is 6.13. The van der Waals surface area contributed by atoms with Crippen LogP contribution < -0.4 is 9.64 Å². The summed E-state index contributed by atoms with van der Waals surface area (Å²) in [7, 11) is 0. The smallest absolute Gasteiger partial charge is 0.123 e. The van der Waals surface area contributed by atoms with Crippen LogP contribution in [0, 0.1) is 5.82 Å². The van der Waals surface area contributed by atoms with E-state index in [9.17, 15) is 9.50 Å². The maximum absolute atomic E-state index is 12.8. The highest BCUT2D eigenvalue weighted by molar-refractivity contribution is 6.33. The van der Waals surface area contributed by atoms with Crippen LogP contribution in [0.25, 0.3) is 0 Å². The van der Waals surface area contributed by atoms with E-state index in [4.69, 9.17) is 16.3 Å². The minimum absolute atomic E-state index is 0.191. The average Bonchev–Trinajstić information content (AvgIpc) is 2.62. The second-order valence-electron chi connectivity index (χ2n) is 6.16. The molecule has 1 aliphatic rings. The molecule has 0 bridgehead atoms. The summed E-state index contributed by atoms with van der Waals surface area (Å²) in [5.41, 5.74) is 1.06. The Bertz CT molecular complexity index is 675. The molecule has 25 heavy (non-hydrogen) atoms. The molecule has 4 nitrogen and oxygen atoms in total. The van der Waals surface area contributed by atoms with E-state index in [2.05, 4.69) is 9.80 Å². The van der Waals surface area contributed by atoms with E-state index in [0.29, 0.717) is 12.3 Å². The summed E-state index contributed by atoms with van der Waals surface area (Å²) in [5.74, 6) is 0.258. The zero-order valence-electron chi connectivity index (χ0n) is 13.9. The first kappa shape index (κ1) is 18.0. The van der Waals surface area contributed by atoms with E-state index < -0.39 is 6.10 Å². The predicted octanol–water partition coefficient (Wildman–Crippen LogP) is 3.04. The molecule has 2 aromatic carbocycles. The molecule has 0 aromatic heterocycles. The summed E-state index contributed by atoms with van der Waals surface area (Å²) >= 11 is 6.25. The molecule has 134 valence electrons. The number of benzene rings is 2. The van der Waals surface area contributed by atoms with Crippen molar-refractivity contribution < 1.29 is 14.2 Å². The number of rotatable bonds is 6. The van der Waals surface area contributed by atoms with Crippen molar-refractivity contribution in [3.8, 4) is 5.75 Å². The maximum Gasteiger partial charge on any atom is 0.123 e. The normalized spacial score (nSPS) is 16.7. The fourth-order valence-electron chi connectivity index (χ4n) is 2.95. The summed E-state index contributed by atoms with van der Waals surface area (Å²) < 4.78 is 18.3. The molecular formula is C19H22ClFN2O2. The van der Waals surface area contributed by atoms with E-state index in [1.807, 2.05) is 24.3 Å². The maximum atomic E-state index is 12.8. The summed E-state index contributed by atoms with van der Waals surface area (Å²) in [5, 5.41) is 10.9. The lowest BCUT2D eigenvalue weighted by molar-refractivity contribution is 0.0663. The van der Waals surface area contributed by atoms with Gasteiger partial charge in [0.15, 0.2) is 0 Å². The van der Waals surface area contributed by atoms with Gasteiger partial charge >= 0.3 is 0 Å². The zero-order valence-corrected chi connectivity index (χ0v) is 14.7. The number of hydrogen-bond donors (Lipinski definition) is 1. The van der Waals surface area contributed by atoms with Crippen LogP contribution in [-0.2, 0) is 0 Å². The van der Waals surface area contributed by atoms with E-state index in [1.54, 1.807) is 12.1 Å². The number of para-hydroxylation sites is 1. The molecule has 0 amide bonds. The summed E-state index contributed by atoms with van der Waals surface area (Å²) in [6.45, 7) is 4.20. The topological polar surface area (TPSA) is 35.9 Å². The Labute approximate surface area is 152 Å². The standard InChI is InChI=1S/C19H22ClFN2O2/c20-18-3-1-2-4-19(18)23-11-9-22(10-12-23)13-16(24)14-25-17-7-5-15(21)6-8-17/h1-8,16,24H,9-14H2. The number of anilines is 1. The number of halogens is 2. The zero-order chi connectivity index (χ0) is 17.6. The SMILES string of the molecule is OC(COc1ccc(F)cc1)CN1CCN(c2ccccc2Cl)CC1. The molecule has 0 saturated carbocycles. The Hall–Kier alpha value is -1.82. The second-order valence-corrected chi connectivity index (χ2v) is 6.57. The van der Waals surface area contributed by atoms with E-state index in [0.717, 1.165) is 36.9 Å². The lowest BCUT2D eigenvalue weighted by Crippen LogP contribution is -2.49. The average molecular weight is 365 g/mol. The molecule has 1 atom stereocenters. The molecule has 1 N–H and O–H groups in total. The van der Waals surface area contributed by atoms with Crippen molar-refractivity contribution in [1.29, 1.82) is 0 Å². The first-order valence-electron chi connectivity index (χ1n) is 8.40. The lowest BCUT2D eigenvalue weighted by atomic mass is 10.2. The largest absolute Gasteiger partial charge is 0.491 e. The Morgan fingerprint density at radius 3 is 2.40 bits per heavy atom. The van der Waals surface area contributed by atoms with Gasteiger partial charge in [-0.2, -0.15) is 0 Å². The molecule has 0 aliphatic carbocycles. The van der Waals surface area contributed by atoms with E-state index in [-0.39, 0.29) is 12.4 Å². The molecule has 1 unspecified atom stereocenters. The van der Waals surface area contributed by atoms with Crippen molar-refractivity contribution in [2.24, 2.45) is 0 Å². The van der Waals surface area contributed by atoms with Gasteiger partial charge in [0.2, 0.25) is 0 Å². The third-order valence-corrected chi connectivity index (χ3v) is 4.61. The number of hydrogen-bond acceptors (Lipinski definition) is 4. The van der Waals surface area contributed by atoms with Crippen LogP contribution in [0.1, 0.15) is 0 Å². The molecular weight excluding hydrogens is 343 g/mol. The van der Waals surface area contributed by atoms with Gasteiger partial charge in [-0.1, -0.05) is 23.7 Å². The first-order chi connectivity index (χ1) is 12.1. The second kappa shape index (κ2) is 8.52. The van der Waals surface area contributed by atoms with Gasteiger partial charge in [-0.3, -0.25) is 4.90 Å². The molecule has 2 aromatic rings. The van der Waals surface area contributed by atoms with Crippen molar-refractivity contribution in [1.82, 2.24) is 4.90 Å². The molecule has 6 heteroatoms. The minimum Gasteiger partial charge on any atom is -0.491 e. The Balaban J connectivity index is 1.42. The van der Waals surface area contributed by atoms with Crippen LogP contribution >= 0.6 is 11.6 Å². The molecule has 1 heterocycles. The number of aliphatic hydroxyl groups excluding tert-OH is 1. The van der Waals surface area contributed by atoms with Gasteiger partial charge in [-0.05, 0) is 36.4 Å². The van der Waals surface area contributed by atoms with Gasteiger partial charge in [0.1, 0.15) is 24.3 Å². The van der Waals surface area contributed by atoms with E-state index in [1.165, 1.54) is 12.1 Å². The van der Waals surface area contributed by atoms with Gasteiger partial charge in [0.05, 0.1) is 10.7 Å². The fraction of sp³-hybridized carbons (Fsp3) is 0.368. The van der Waals surface area contributed by atoms with Gasteiger partial charge in [-0.15, -0.1) is 0 Å². The quantitative estimate of drug-likeness (QED) is 0.854. The Morgan fingerprint density at radius 2 is 1.72 bits per heavy atom. The van der Waals surface area contributed by atoms with Crippen molar-refractivity contribution in [3.05, 3.63) is 59.4 Å². The van der Waals surface area contributed by atoms with Gasteiger partial charge in [0.25, 0.3) is 0 Å². The van der Waals surface area contributed by atoms with Crippen LogP contribution in [-0.4, -0.2) is 55.4 Å². The number of ether oxygens (including phenoxy) is 1. The van der Waals surface area contributed by atoms with Crippen LogP contribution in [0.4, 0.5) is 10.1 Å². The highest BCUT2D eigenvalue weighted by Crippen LogP contribution is 2.26. The van der Waals surface area contributed by atoms with Crippen LogP contribution in [0.5, 0.6) is 5.75 Å². The highest BCUT2D eigenvalue weighted by atomic mass is 35.5. The van der Waals surface area contributed by atoms with E-state index >= 15 is 0 Å². The monoisotopic (exact) mass is 364 g/mol. The molecule has 0 spiro atoms. The molecule has 1 saturated heterocycles. The molecule has 0 radical (unpaired) electrons. The third kappa shape index (κ3) is 5.08. The molecule has 3 rings (SSSR count). The fourth-order valence-corrected chi connectivity index (χ4v) is 3.21. The number of piperazine rings is 1. The Morgan fingerprint density at radius 1 is 1.04 bits per heavy atom. The number of β-amino-alcohol motifs (C(OH)–C–C–N with tert-alkyl or cyclic N) is 1. The molecule has 1 fully saturated rings. The lowest BCUT2D eigenvalue weighted by Gasteiger charge is -2.37. The summed E-state index contributed by atoms with van der Waals surface area (Å²) in [4.78, 5) is 4.48. The first-order valence-corrected chi connectivity index (χ1v) is 8.78. The number of aliphatic hydroxyl groups is 1. The predicted molar refractivity (Wildman–Crippen MR) is 98.0 cm³/mol. The van der Waals surface area contributed by atoms with Crippen molar-refractivity contribution in [3.63, 3.8) is 0 Å². The van der Waals surface area contributed by atoms with Crippen molar-refractivity contribution in [2.45, 2.75) is 6.10 Å². The van der Waals surface area contributed by atoms with Crippen molar-refractivity contribution >= 4 is 17.3 Å². The van der Waals surface area contributed by atoms with Gasteiger partial charge in [-0.25, -0.2) is 4.39 Å². The summed E-state index contributed by atoms with van der Waals surface area (Å²) in [6.07, 6.45) is -0.586.